The van der Waals surface area contributed by atoms with Crippen molar-refractivity contribution in [3.05, 3.63) is 32.4 Å². The van der Waals surface area contributed by atoms with Gasteiger partial charge in [0.15, 0.2) is 0 Å². The number of hydrogen-bond donors (Lipinski definition) is 1. The molecule has 1 aromatic rings. The average molecular weight is 301 g/mol. The molecule has 0 heterocycles. The molecule has 2 heteroatoms. The van der Waals surface area contributed by atoms with Gasteiger partial charge in [0.05, 0.1) is 0 Å². The lowest BCUT2D eigenvalue weighted by Gasteiger charge is -2.15. The van der Waals surface area contributed by atoms with Gasteiger partial charge < -0.3 is 5.73 Å². The number of halogens is 1. The first kappa shape index (κ1) is 10.4. The predicted molar refractivity (Wildman–Crippen MR) is 68.4 cm³/mol. The molecule has 0 saturated carbocycles. The molecule has 0 saturated heterocycles. The molecule has 0 unspecified atom stereocenters. The van der Waals surface area contributed by atoms with E-state index in [0.717, 1.165) is 6.42 Å². The molecule has 2 N–H and O–H groups in total. The highest BCUT2D eigenvalue weighted by molar-refractivity contribution is 14.1. The van der Waals surface area contributed by atoms with E-state index in [-0.39, 0.29) is 6.04 Å². The summed E-state index contributed by atoms with van der Waals surface area (Å²) in [5.41, 5.74) is 10.6. The van der Waals surface area contributed by atoms with E-state index >= 15 is 0 Å². The van der Waals surface area contributed by atoms with Crippen molar-refractivity contribution < 1.29 is 0 Å². The molecule has 0 aliphatic heterocycles. The van der Waals surface area contributed by atoms with Crippen LogP contribution in [0, 0.1) is 3.57 Å². The van der Waals surface area contributed by atoms with Crippen molar-refractivity contribution in [2.75, 3.05) is 0 Å². The Hall–Kier alpha value is -0.0900. The van der Waals surface area contributed by atoms with E-state index in [4.69, 9.17) is 5.73 Å². The van der Waals surface area contributed by atoms with E-state index in [1.165, 1.54) is 28.4 Å². The lowest BCUT2D eigenvalue weighted by atomic mass is 9.96. The number of rotatable bonds is 2. The molecule has 0 fully saturated rings. The van der Waals surface area contributed by atoms with E-state index in [0.29, 0.717) is 0 Å². The van der Waals surface area contributed by atoms with Crippen LogP contribution in [0.15, 0.2) is 12.1 Å². The maximum atomic E-state index is 6.11. The Morgan fingerprint density at radius 2 is 2.07 bits per heavy atom. The van der Waals surface area contributed by atoms with E-state index in [2.05, 4.69) is 41.6 Å². The Morgan fingerprint density at radius 3 is 2.79 bits per heavy atom. The van der Waals surface area contributed by atoms with Crippen LogP contribution in [0.1, 0.15) is 42.5 Å². The summed E-state index contributed by atoms with van der Waals surface area (Å²) in [6.45, 7) is 2.16. The van der Waals surface area contributed by atoms with Gasteiger partial charge in [-0.15, -0.1) is 0 Å². The molecule has 1 nitrogen and oxygen atoms in total. The lowest BCUT2D eigenvalue weighted by Crippen LogP contribution is -2.11. The first-order valence-corrected chi connectivity index (χ1v) is 6.37. The monoisotopic (exact) mass is 301 g/mol. The highest BCUT2D eigenvalue weighted by Crippen LogP contribution is 2.32. The van der Waals surface area contributed by atoms with Gasteiger partial charge in [-0.1, -0.05) is 13.0 Å². The van der Waals surface area contributed by atoms with E-state index < -0.39 is 0 Å². The van der Waals surface area contributed by atoms with Crippen LogP contribution in [-0.2, 0) is 12.8 Å². The summed E-state index contributed by atoms with van der Waals surface area (Å²) in [5.74, 6) is 0. The van der Waals surface area contributed by atoms with Crippen LogP contribution in [0.3, 0.4) is 0 Å². The zero-order valence-electron chi connectivity index (χ0n) is 8.52. The van der Waals surface area contributed by atoms with Gasteiger partial charge in [0.25, 0.3) is 0 Å². The number of fused-ring (bicyclic) bond motifs is 1. The molecule has 1 aliphatic rings. The minimum atomic E-state index is 0.235. The molecule has 1 aliphatic carbocycles. The minimum Gasteiger partial charge on any atom is -0.324 e. The molecular weight excluding hydrogens is 285 g/mol. The van der Waals surface area contributed by atoms with Gasteiger partial charge in [0.2, 0.25) is 0 Å². The fourth-order valence-electron chi connectivity index (χ4n) is 2.26. The largest absolute Gasteiger partial charge is 0.324 e. The van der Waals surface area contributed by atoms with Gasteiger partial charge >= 0.3 is 0 Å². The third-order valence-corrected chi connectivity index (χ3v) is 4.11. The van der Waals surface area contributed by atoms with Crippen LogP contribution in [0.25, 0.3) is 0 Å². The molecule has 2 rings (SSSR count). The van der Waals surface area contributed by atoms with Crippen molar-refractivity contribution in [1.82, 2.24) is 0 Å². The van der Waals surface area contributed by atoms with Crippen molar-refractivity contribution in [2.45, 2.75) is 38.6 Å². The van der Waals surface area contributed by atoms with Crippen LogP contribution < -0.4 is 5.73 Å². The number of hydrogen-bond acceptors (Lipinski definition) is 1. The second-order valence-electron chi connectivity index (χ2n) is 3.96. The van der Waals surface area contributed by atoms with Gasteiger partial charge in [-0.3, -0.25) is 0 Å². The highest BCUT2D eigenvalue weighted by atomic mass is 127. The standard InChI is InChI=1S/C12H16IN/c1-2-12(14)10-6-7-11(13)9-5-3-4-8(9)10/h6-7,12H,2-5,14H2,1H3/t12-/m0/s1. The van der Waals surface area contributed by atoms with Gasteiger partial charge in [-0.2, -0.15) is 0 Å². The van der Waals surface area contributed by atoms with Crippen molar-refractivity contribution in [3.8, 4) is 0 Å². The SMILES string of the molecule is CC[C@H](N)c1ccc(I)c2c1CCC2. The zero-order valence-corrected chi connectivity index (χ0v) is 10.7. The number of benzene rings is 1. The normalized spacial score (nSPS) is 16.8. The maximum absolute atomic E-state index is 6.11. The van der Waals surface area contributed by atoms with E-state index in [1.54, 1.807) is 11.1 Å². The summed E-state index contributed by atoms with van der Waals surface area (Å²) < 4.78 is 1.42. The third-order valence-electron chi connectivity index (χ3n) is 3.10. The number of nitrogens with two attached hydrogens (primary N) is 1. The average Bonchev–Trinajstić information content (AvgIpc) is 2.67. The molecule has 1 atom stereocenters. The van der Waals surface area contributed by atoms with Gasteiger partial charge in [0, 0.05) is 9.61 Å². The summed E-state index contributed by atoms with van der Waals surface area (Å²) in [6, 6.07) is 4.68. The van der Waals surface area contributed by atoms with E-state index in [9.17, 15) is 0 Å². The van der Waals surface area contributed by atoms with Crippen molar-refractivity contribution in [3.63, 3.8) is 0 Å². The first-order chi connectivity index (χ1) is 6.74. The van der Waals surface area contributed by atoms with Crippen LogP contribution >= 0.6 is 22.6 Å². The van der Waals surface area contributed by atoms with Gasteiger partial charge in [-0.25, -0.2) is 0 Å². The second kappa shape index (κ2) is 4.19. The molecule has 1 aromatic carbocycles. The first-order valence-electron chi connectivity index (χ1n) is 5.29. The molecule has 0 bridgehead atoms. The fraction of sp³-hybridized carbons (Fsp3) is 0.500. The van der Waals surface area contributed by atoms with Crippen LogP contribution in [0.4, 0.5) is 0 Å². The quantitative estimate of drug-likeness (QED) is 0.834. The van der Waals surface area contributed by atoms with Crippen LogP contribution in [0.5, 0.6) is 0 Å². The van der Waals surface area contributed by atoms with Crippen LogP contribution in [0.2, 0.25) is 0 Å². The van der Waals surface area contributed by atoms with Crippen molar-refractivity contribution >= 4 is 22.6 Å². The van der Waals surface area contributed by atoms with Gasteiger partial charge in [-0.05, 0) is 71.0 Å². The summed E-state index contributed by atoms with van der Waals surface area (Å²) >= 11 is 2.44. The topological polar surface area (TPSA) is 26.0 Å². The highest BCUT2D eigenvalue weighted by Gasteiger charge is 2.19. The predicted octanol–water partition coefficient (Wildman–Crippen LogP) is 3.19. The van der Waals surface area contributed by atoms with Crippen LogP contribution in [-0.4, -0.2) is 0 Å². The molecule has 0 aromatic heterocycles. The van der Waals surface area contributed by atoms with Crippen molar-refractivity contribution in [2.24, 2.45) is 5.73 Å². The molecule has 76 valence electrons. The summed E-state index contributed by atoms with van der Waals surface area (Å²) in [5, 5.41) is 0. The Morgan fingerprint density at radius 1 is 1.36 bits per heavy atom. The minimum absolute atomic E-state index is 0.235. The molecule has 0 amide bonds. The molecule has 14 heavy (non-hydrogen) atoms. The maximum Gasteiger partial charge on any atom is 0.0295 e. The Kier molecular flexibility index (Phi) is 3.12. The summed E-state index contributed by atoms with van der Waals surface area (Å²) in [4.78, 5) is 0. The van der Waals surface area contributed by atoms with Crippen molar-refractivity contribution in [1.29, 1.82) is 0 Å². The Bertz CT molecular complexity index is 346. The Labute approximate surface area is 99.2 Å². The van der Waals surface area contributed by atoms with Gasteiger partial charge in [0.1, 0.15) is 0 Å². The summed E-state index contributed by atoms with van der Waals surface area (Å²) in [7, 11) is 0. The fourth-order valence-corrected chi connectivity index (χ4v) is 3.03. The third kappa shape index (κ3) is 1.70. The smallest absolute Gasteiger partial charge is 0.0295 e. The van der Waals surface area contributed by atoms with E-state index in [1.807, 2.05) is 0 Å². The summed E-state index contributed by atoms with van der Waals surface area (Å²) in [6.07, 6.45) is 4.82. The molecule has 0 spiro atoms. The zero-order chi connectivity index (χ0) is 10.1. The lowest BCUT2D eigenvalue weighted by molar-refractivity contribution is 0.690. The Balaban J connectivity index is 2.48. The molecule has 0 radical (unpaired) electrons. The molecular formula is C12H16IN. The second-order valence-corrected chi connectivity index (χ2v) is 5.12.